The van der Waals surface area contributed by atoms with Crippen molar-refractivity contribution >= 4 is 16.6 Å². The third-order valence-corrected chi connectivity index (χ3v) is 4.68. The Hall–Kier alpha value is -1.88. The maximum absolute atomic E-state index is 11.7. The Bertz CT molecular complexity index is 676. The van der Waals surface area contributed by atoms with E-state index in [1.807, 2.05) is 24.3 Å². The fraction of sp³-hybridized carbons (Fsp3) is 0.556. The summed E-state index contributed by atoms with van der Waals surface area (Å²) >= 11 is 0. The highest BCUT2D eigenvalue weighted by Gasteiger charge is 2.12. The summed E-state index contributed by atoms with van der Waals surface area (Å²) in [5.74, 6) is 1.63. The zero-order chi connectivity index (χ0) is 15.9. The first-order chi connectivity index (χ1) is 11.3. The van der Waals surface area contributed by atoms with Crippen LogP contribution in [0.15, 0.2) is 29.1 Å². The van der Waals surface area contributed by atoms with E-state index in [2.05, 4.69) is 20.8 Å². The molecule has 3 N–H and O–H groups in total. The Balaban J connectivity index is 1.42. The van der Waals surface area contributed by atoms with Crippen LogP contribution in [0.2, 0.25) is 0 Å². The van der Waals surface area contributed by atoms with Crippen molar-refractivity contribution in [3.63, 3.8) is 0 Å². The minimum Gasteiger partial charge on any atom is -0.368 e. The molecule has 0 spiro atoms. The lowest BCUT2D eigenvalue weighted by atomic mass is 9.89. The monoisotopic (exact) mass is 314 g/mol. The third-order valence-electron chi connectivity index (χ3n) is 4.68. The molecule has 0 saturated heterocycles. The van der Waals surface area contributed by atoms with Crippen LogP contribution in [-0.2, 0) is 0 Å². The molecule has 5 nitrogen and oxygen atoms in total. The van der Waals surface area contributed by atoms with E-state index in [0.29, 0.717) is 5.39 Å². The lowest BCUT2D eigenvalue weighted by Gasteiger charge is -2.21. The van der Waals surface area contributed by atoms with Crippen molar-refractivity contribution in [2.45, 2.75) is 38.5 Å². The molecule has 1 aliphatic rings. The van der Waals surface area contributed by atoms with Crippen molar-refractivity contribution < 1.29 is 0 Å². The smallest absolute Gasteiger partial charge is 0.272 e. The Morgan fingerprint density at radius 1 is 1.09 bits per heavy atom. The minimum absolute atomic E-state index is 0.139. The quantitative estimate of drug-likeness (QED) is 0.687. The number of hydrogen-bond donors (Lipinski definition) is 3. The van der Waals surface area contributed by atoms with Crippen LogP contribution in [0.1, 0.15) is 38.5 Å². The van der Waals surface area contributed by atoms with Crippen LogP contribution in [0.3, 0.4) is 0 Å². The van der Waals surface area contributed by atoms with E-state index in [1.54, 1.807) is 0 Å². The SMILES string of the molecule is O=c1[nH]nc(NCCCNCC2CCCCC2)c2ccccc12. The van der Waals surface area contributed by atoms with E-state index < -0.39 is 0 Å². The first kappa shape index (κ1) is 16.0. The third kappa shape index (κ3) is 4.32. The van der Waals surface area contributed by atoms with Gasteiger partial charge in [-0.05, 0) is 44.3 Å². The van der Waals surface area contributed by atoms with Gasteiger partial charge >= 0.3 is 0 Å². The number of benzene rings is 1. The summed E-state index contributed by atoms with van der Waals surface area (Å²) in [4.78, 5) is 11.7. The highest BCUT2D eigenvalue weighted by Crippen LogP contribution is 2.22. The number of fused-ring (bicyclic) bond motifs is 1. The maximum atomic E-state index is 11.7. The van der Waals surface area contributed by atoms with Crippen molar-refractivity contribution in [2.75, 3.05) is 25.0 Å². The number of aromatic nitrogens is 2. The molecule has 1 aliphatic carbocycles. The van der Waals surface area contributed by atoms with E-state index in [9.17, 15) is 4.79 Å². The average Bonchev–Trinajstić information content (AvgIpc) is 2.61. The van der Waals surface area contributed by atoms with E-state index in [1.165, 1.54) is 32.1 Å². The van der Waals surface area contributed by atoms with Crippen LogP contribution < -0.4 is 16.2 Å². The predicted octanol–water partition coefficient (Wildman–Crippen LogP) is 2.90. The highest BCUT2D eigenvalue weighted by molar-refractivity contribution is 5.90. The fourth-order valence-electron chi connectivity index (χ4n) is 3.37. The molecule has 0 atom stereocenters. The molecule has 5 heteroatoms. The van der Waals surface area contributed by atoms with Crippen LogP contribution in [0.25, 0.3) is 10.8 Å². The average molecular weight is 314 g/mol. The van der Waals surface area contributed by atoms with Crippen molar-refractivity contribution in [2.24, 2.45) is 5.92 Å². The van der Waals surface area contributed by atoms with Gasteiger partial charge in [-0.15, -0.1) is 0 Å². The maximum Gasteiger partial charge on any atom is 0.272 e. The van der Waals surface area contributed by atoms with E-state index in [4.69, 9.17) is 0 Å². The largest absolute Gasteiger partial charge is 0.368 e. The van der Waals surface area contributed by atoms with Crippen LogP contribution >= 0.6 is 0 Å². The topological polar surface area (TPSA) is 69.8 Å². The Morgan fingerprint density at radius 3 is 2.70 bits per heavy atom. The first-order valence-electron chi connectivity index (χ1n) is 8.76. The summed E-state index contributed by atoms with van der Waals surface area (Å²) in [5, 5.41) is 15.1. The van der Waals surface area contributed by atoms with E-state index in [0.717, 1.165) is 43.2 Å². The van der Waals surface area contributed by atoms with Crippen LogP contribution in [-0.4, -0.2) is 29.8 Å². The minimum atomic E-state index is -0.139. The number of hydrogen-bond acceptors (Lipinski definition) is 4. The Kier molecular flexibility index (Phi) is 5.64. The molecule has 0 bridgehead atoms. The van der Waals surface area contributed by atoms with Gasteiger partial charge in [0.25, 0.3) is 5.56 Å². The van der Waals surface area contributed by atoms with Crippen molar-refractivity contribution in [1.82, 2.24) is 15.5 Å². The summed E-state index contributed by atoms with van der Waals surface area (Å²) in [5.41, 5.74) is -0.139. The summed E-state index contributed by atoms with van der Waals surface area (Å²) in [7, 11) is 0. The van der Waals surface area contributed by atoms with Gasteiger partial charge in [0.15, 0.2) is 5.82 Å². The lowest BCUT2D eigenvalue weighted by Crippen LogP contribution is -2.26. The molecular formula is C18H26N4O. The summed E-state index contributed by atoms with van der Waals surface area (Å²) in [6.07, 6.45) is 8.04. The fourth-order valence-corrected chi connectivity index (χ4v) is 3.37. The van der Waals surface area contributed by atoms with Crippen LogP contribution in [0.5, 0.6) is 0 Å². The Morgan fingerprint density at radius 2 is 1.87 bits per heavy atom. The lowest BCUT2D eigenvalue weighted by molar-refractivity contribution is 0.342. The number of anilines is 1. The molecule has 1 aromatic heterocycles. The van der Waals surface area contributed by atoms with E-state index in [-0.39, 0.29) is 5.56 Å². The molecule has 3 rings (SSSR count). The van der Waals surface area contributed by atoms with Gasteiger partial charge in [0.2, 0.25) is 0 Å². The molecule has 0 unspecified atom stereocenters. The molecular weight excluding hydrogens is 288 g/mol. The first-order valence-corrected chi connectivity index (χ1v) is 8.76. The zero-order valence-electron chi connectivity index (χ0n) is 13.6. The number of rotatable bonds is 7. The van der Waals surface area contributed by atoms with Crippen molar-refractivity contribution in [1.29, 1.82) is 0 Å². The molecule has 0 aliphatic heterocycles. The predicted molar refractivity (Wildman–Crippen MR) is 94.9 cm³/mol. The molecule has 2 aromatic rings. The molecule has 1 fully saturated rings. The van der Waals surface area contributed by atoms with Crippen LogP contribution in [0.4, 0.5) is 5.82 Å². The molecule has 1 saturated carbocycles. The van der Waals surface area contributed by atoms with Crippen molar-refractivity contribution in [3.05, 3.63) is 34.6 Å². The Labute approximate surface area is 136 Å². The van der Waals surface area contributed by atoms with E-state index >= 15 is 0 Å². The van der Waals surface area contributed by atoms with Crippen molar-refractivity contribution in [3.8, 4) is 0 Å². The molecule has 1 aromatic carbocycles. The standard InChI is InChI=1S/C18H26N4O/c23-18-16-10-5-4-9-15(16)17(21-22-18)20-12-6-11-19-13-14-7-2-1-3-8-14/h4-5,9-10,14,19H,1-3,6-8,11-13H2,(H,20,21)(H,22,23). The van der Waals surface area contributed by atoms with Gasteiger partial charge < -0.3 is 10.6 Å². The van der Waals surface area contributed by atoms with Gasteiger partial charge in [-0.1, -0.05) is 37.5 Å². The second-order valence-electron chi connectivity index (χ2n) is 6.44. The summed E-state index contributed by atoms with van der Waals surface area (Å²) in [6, 6.07) is 7.56. The molecule has 0 amide bonds. The van der Waals surface area contributed by atoms with Gasteiger partial charge in [0.05, 0.1) is 5.39 Å². The summed E-state index contributed by atoms with van der Waals surface area (Å²) < 4.78 is 0. The molecule has 124 valence electrons. The number of nitrogens with zero attached hydrogens (tertiary/aromatic N) is 1. The van der Waals surface area contributed by atoms with Gasteiger partial charge in [-0.2, -0.15) is 5.10 Å². The van der Waals surface area contributed by atoms with Crippen LogP contribution in [0, 0.1) is 5.92 Å². The summed E-state index contributed by atoms with van der Waals surface area (Å²) in [6.45, 7) is 3.02. The van der Waals surface area contributed by atoms with Gasteiger partial charge in [-0.3, -0.25) is 4.79 Å². The zero-order valence-corrected chi connectivity index (χ0v) is 13.6. The second-order valence-corrected chi connectivity index (χ2v) is 6.44. The number of H-pyrrole nitrogens is 1. The molecule has 1 heterocycles. The highest BCUT2D eigenvalue weighted by atomic mass is 16.1. The van der Waals surface area contributed by atoms with Gasteiger partial charge in [0, 0.05) is 11.9 Å². The van der Waals surface area contributed by atoms with Gasteiger partial charge in [0.1, 0.15) is 0 Å². The number of aromatic amines is 1. The number of nitrogens with one attached hydrogen (secondary N) is 3. The second kappa shape index (κ2) is 8.11. The molecule has 23 heavy (non-hydrogen) atoms. The normalized spacial score (nSPS) is 15.8. The molecule has 0 radical (unpaired) electrons. The van der Waals surface area contributed by atoms with Gasteiger partial charge in [-0.25, -0.2) is 5.10 Å².